The zero-order valence-electron chi connectivity index (χ0n) is 50.8. The number of hydrogen-bond donors (Lipinski definition) is 2. The summed E-state index contributed by atoms with van der Waals surface area (Å²) in [5.74, 6) is 0.419. The molecule has 0 saturated carbocycles. The molecular weight excluding hydrogens is 989 g/mol. The van der Waals surface area contributed by atoms with Crippen LogP contribution in [-0.2, 0) is 21.7 Å². The Balaban J connectivity index is 1.23. The van der Waals surface area contributed by atoms with E-state index < -0.39 is 10.9 Å². The van der Waals surface area contributed by atoms with Crippen molar-refractivity contribution in [3.05, 3.63) is 210 Å². The van der Waals surface area contributed by atoms with E-state index in [1.165, 1.54) is 98.3 Å². The minimum Gasteiger partial charge on any atom is -0.354 e. The van der Waals surface area contributed by atoms with E-state index in [-0.39, 0.29) is 27.1 Å². The largest absolute Gasteiger partial charge is 0.354 e. The maximum absolute atomic E-state index is 4.19. The zero-order valence-corrected chi connectivity index (χ0v) is 51.7. The molecule has 4 nitrogen and oxygen atoms in total. The minimum absolute atomic E-state index is 0.00769. The van der Waals surface area contributed by atoms with Gasteiger partial charge in [-0.2, -0.15) is 10.9 Å². The van der Waals surface area contributed by atoms with Crippen molar-refractivity contribution >= 4 is 72.5 Å². The molecule has 0 saturated heterocycles. The van der Waals surface area contributed by atoms with Crippen LogP contribution in [0.1, 0.15) is 152 Å². The second-order valence-corrected chi connectivity index (χ2v) is 30.2. The van der Waals surface area contributed by atoms with E-state index in [4.69, 9.17) is 0 Å². The lowest BCUT2D eigenvalue weighted by molar-refractivity contribution is 0.514. The third kappa shape index (κ3) is 9.86. The highest BCUT2D eigenvalue weighted by atomic mass is 32.2. The van der Waals surface area contributed by atoms with Gasteiger partial charge in [0.25, 0.3) is 0 Å². The van der Waals surface area contributed by atoms with Crippen molar-refractivity contribution < 1.29 is 0 Å². The first-order valence-corrected chi connectivity index (χ1v) is 30.7. The number of rotatable bonds is 9. The third-order valence-corrected chi connectivity index (χ3v) is 19.8. The van der Waals surface area contributed by atoms with Gasteiger partial charge in [0.1, 0.15) is 0 Å². The molecule has 3 heterocycles. The molecule has 0 radical (unpaired) electrons. The van der Waals surface area contributed by atoms with Gasteiger partial charge in [-0.15, -0.1) is 0 Å². The van der Waals surface area contributed by atoms with Crippen molar-refractivity contribution in [2.24, 2.45) is 11.3 Å². The van der Waals surface area contributed by atoms with Crippen molar-refractivity contribution in [1.82, 2.24) is 4.57 Å². The summed E-state index contributed by atoms with van der Waals surface area (Å²) in [4.78, 5) is 9.41. The van der Waals surface area contributed by atoms with Crippen LogP contribution in [0.3, 0.4) is 0 Å². The molecular formula is C75H86N4S. The summed E-state index contributed by atoms with van der Waals surface area (Å²) in [6.07, 6.45) is 12.1. The van der Waals surface area contributed by atoms with E-state index in [2.05, 4.69) is 295 Å². The highest BCUT2D eigenvalue weighted by Gasteiger charge is 2.41. The van der Waals surface area contributed by atoms with Gasteiger partial charge in [0.15, 0.2) is 0 Å². The van der Waals surface area contributed by atoms with E-state index in [0.29, 0.717) is 5.92 Å². The average Bonchev–Trinajstić information content (AvgIpc) is 2.99. The summed E-state index contributed by atoms with van der Waals surface area (Å²) in [6, 6.07) is 54.7. The Morgan fingerprint density at radius 2 is 1.06 bits per heavy atom. The summed E-state index contributed by atoms with van der Waals surface area (Å²) in [7, 11) is -1.07. The Morgan fingerprint density at radius 1 is 0.562 bits per heavy atom. The van der Waals surface area contributed by atoms with Gasteiger partial charge in [0.05, 0.1) is 45.2 Å². The Labute approximate surface area is 482 Å². The second-order valence-electron chi connectivity index (χ2n) is 28.1. The Kier molecular flexibility index (Phi) is 13.7. The van der Waals surface area contributed by atoms with E-state index >= 15 is 0 Å². The SMILES string of the molecule is C=C/C(=C\CCC1=C(Nc2cccc3c4ccccc4n(-c4cc5c6c(c4)N(c4ccc(C(C)(C)C)cc4)c4ccc(C(C)(C)C)cc4[SH]6c4cc(C(C)(C)C)ccc4N5c4ccc(C(C)(C)C)cc4)c23)C=CC[C@@H]1C)C(C)(C)C. The topological polar surface area (TPSA) is 23.4 Å². The van der Waals surface area contributed by atoms with Crippen LogP contribution in [-0.4, -0.2) is 4.57 Å². The van der Waals surface area contributed by atoms with Gasteiger partial charge < -0.3 is 19.7 Å². The first-order valence-electron chi connectivity index (χ1n) is 29.3. The molecule has 1 aliphatic carbocycles. The van der Waals surface area contributed by atoms with Gasteiger partial charge >= 0.3 is 0 Å². The van der Waals surface area contributed by atoms with Crippen LogP contribution in [0.25, 0.3) is 27.5 Å². The molecule has 3 aliphatic rings. The number of anilines is 7. The quantitative estimate of drug-likeness (QED) is 0.111. The Hall–Kier alpha value is -6.95. The normalized spacial score (nSPS) is 16.3. The molecule has 1 atom stereocenters. The summed E-state index contributed by atoms with van der Waals surface area (Å²) >= 11 is 0. The predicted octanol–water partition coefficient (Wildman–Crippen LogP) is 22.2. The lowest BCUT2D eigenvalue weighted by Gasteiger charge is -2.47. The fourth-order valence-corrected chi connectivity index (χ4v) is 15.3. The van der Waals surface area contributed by atoms with Crippen LogP contribution in [0, 0.1) is 11.3 Å². The average molecular weight is 1080 g/mol. The van der Waals surface area contributed by atoms with Crippen molar-refractivity contribution in [3.63, 3.8) is 0 Å². The molecule has 80 heavy (non-hydrogen) atoms. The molecule has 0 amide bonds. The van der Waals surface area contributed by atoms with E-state index in [1.807, 2.05) is 6.08 Å². The molecule has 0 spiro atoms. The number of thiol groups is 1. The summed E-state index contributed by atoms with van der Waals surface area (Å²) in [5.41, 5.74) is 21.1. The van der Waals surface area contributed by atoms with Gasteiger partial charge in [-0.05, 0) is 165 Å². The summed E-state index contributed by atoms with van der Waals surface area (Å²) < 4.78 is 2.57. The number of nitrogens with one attached hydrogen (secondary N) is 1. The van der Waals surface area contributed by atoms with E-state index in [1.54, 1.807) is 0 Å². The molecule has 8 aromatic rings. The molecule has 11 rings (SSSR count). The first-order chi connectivity index (χ1) is 37.7. The van der Waals surface area contributed by atoms with Gasteiger partial charge in [0, 0.05) is 42.5 Å². The first kappa shape index (κ1) is 55.0. The molecule has 0 fully saturated rings. The minimum atomic E-state index is -1.07. The standard InChI is InChI=1S/C75H86N4S/c1-18-49(71(3,4)5)25-22-27-57-48(2)24-21-29-60(57)76-61-30-23-28-59-58-26-19-20-31-62(58)79(69(59)61)56-46-65-70-66(47-56)78(55-40-34-51(35-41-55)73(9,10)11)64-43-37-53(75(15,16)17)45-68(64)80(70)67-44-52(74(12,13)14)36-42-63(67)77(65)54-38-32-50(33-39-54)72(6,7)8/h18-21,23,25-26,28-48,76,80H,1,22,24,27H2,2-17H3/b49-25+/t48-/m0/s1. The number of benzene rings is 7. The number of para-hydroxylation sites is 2. The molecule has 0 unspecified atom stereocenters. The van der Waals surface area contributed by atoms with Gasteiger partial charge in [-0.1, -0.05) is 202 Å². The van der Waals surface area contributed by atoms with Gasteiger partial charge in [-0.3, -0.25) is 0 Å². The maximum atomic E-state index is 4.19. The van der Waals surface area contributed by atoms with Crippen LogP contribution >= 0.6 is 10.9 Å². The number of nitrogens with zero attached hydrogens (tertiary/aromatic N) is 3. The van der Waals surface area contributed by atoms with Crippen LogP contribution in [0.5, 0.6) is 0 Å². The molecule has 5 heteroatoms. The van der Waals surface area contributed by atoms with Crippen LogP contribution < -0.4 is 15.1 Å². The van der Waals surface area contributed by atoms with Crippen molar-refractivity contribution in [2.75, 3.05) is 15.1 Å². The number of hydrogen-bond acceptors (Lipinski definition) is 3. The van der Waals surface area contributed by atoms with Crippen LogP contribution in [0.4, 0.5) is 39.8 Å². The molecule has 1 aromatic heterocycles. The fourth-order valence-electron chi connectivity index (χ4n) is 12.4. The van der Waals surface area contributed by atoms with Gasteiger partial charge in [-0.25, -0.2) is 0 Å². The number of aromatic nitrogens is 1. The summed E-state index contributed by atoms with van der Waals surface area (Å²) in [6.45, 7) is 41.4. The Morgan fingerprint density at radius 3 is 1.56 bits per heavy atom. The monoisotopic (exact) mass is 1070 g/mol. The highest BCUT2D eigenvalue weighted by Crippen LogP contribution is 2.72. The number of allylic oxidation sites excluding steroid dienone is 6. The summed E-state index contributed by atoms with van der Waals surface area (Å²) in [5, 5.41) is 6.60. The smallest absolute Gasteiger partial charge is 0.0776 e. The second kappa shape index (κ2) is 19.9. The van der Waals surface area contributed by atoms with Crippen LogP contribution in [0.2, 0.25) is 0 Å². The number of fused-ring (bicyclic) bond motifs is 7. The Bertz CT molecular complexity index is 3670. The lowest BCUT2D eigenvalue weighted by atomic mass is 9.84. The van der Waals surface area contributed by atoms with E-state index in [0.717, 1.165) is 42.0 Å². The zero-order chi connectivity index (χ0) is 57.0. The fraction of sp³-hybridized carbons (Fsp3) is 0.333. The molecule has 0 bridgehead atoms. The third-order valence-electron chi connectivity index (χ3n) is 17.2. The molecule has 412 valence electrons. The van der Waals surface area contributed by atoms with Crippen molar-refractivity contribution in [1.29, 1.82) is 0 Å². The maximum Gasteiger partial charge on any atom is 0.0776 e. The lowest BCUT2D eigenvalue weighted by Crippen LogP contribution is -2.25. The van der Waals surface area contributed by atoms with Gasteiger partial charge in [0.2, 0.25) is 0 Å². The van der Waals surface area contributed by atoms with Crippen molar-refractivity contribution in [3.8, 4) is 5.69 Å². The highest BCUT2D eigenvalue weighted by molar-refractivity contribution is 8.17. The molecule has 7 aromatic carbocycles. The van der Waals surface area contributed by atoms with Crippen molar-refractivity contribution in [2.45, 2.75) is 166 Å². The molecule has 1 N–H and O–H groups in total. The predicted molar refractivity (Wildman–Crippen MR) is 349 cm³/mol. The van der Waals surface area contributed by atoms with Crippen LogP contribution in [0.15, 0.2) is 202 Å². The molecule has 2 aliphatic heterocycles. The van der Waals surface area contributed by atoms with E-state index in [9.17, 15) is 0 Å².